The van der Waals surface area contributed by atoms with E-state index < -0.39 is 11.7 Å². The lowest BCUT2D eigenvalue weighted by Gasteiger charge is -2.11. The van der Waals surface area contributed by atoms with Gasteiger partial charge in [0.05, 0.1) is 15.8 Å². The summed E-state index contributed by atoms with van der Waals surface area (Å²) in [7, 11) is 1.67. The van der Waals surface area contributed by atoms with Crippen molar-refractivity contribution in [1.82, 2.24) is 25.2 Å². The molecule has 0 aliphatic carbocycles. The summed E-state index contributed by atoms with van der Waals surface area (Å²) >= 11 is 7.03. The molecule has 108 valence electrons. The minimum absolute atomic E-state index is 0.0493. The van der Waals surface area contributed by atoms with Crippen LogP contribution in [0.1, 0.15) is 23.6 Å². The first-order valence-corrected chi connectivity index (χ1v) is 6.66. The molecule has 0 aliphatic rings. The number of hydrogen-bond donors (Lipinski definition) is 0. The number of rotatable bonds is 3. The number of halogens is 4. The van der Waals surface area contributed by atoms with Gasteiger partial charge in [-0.05, 0) is 23.4 Å². The van der Waals surface area contributed by atoms with Crippen LogP contribution in [0.15, 0.2) is 17.3 Å². The average Bonchev–Trinajstić information content (AvgIpc) is 2.76. The van der Waals surface area contributed by atoms with Crippen molar-refractivity contribution < 1.29 is 13.2 Å². The van der Waals surface area contributed by atoms with Crippen LogP contribution < -0.4 is 0 Å². The van der Waals surface area contributed by atoms with Gasteiger partial charge in [-0.25, -0.2) is 9.67 Å². The molecule has 0 N–H and O–H groups in total. The Bertz CT molecular complexity index is 615. The Morgan fingerprint density at radius 1 is 1.40 bits per heavy atom. The number of tetrazole rings is 1. The molecule has 0 amide bonds. The number of alkyl halides is 3. The number of aromatic nitrogens is 5. The van der Waals surface area contributed by atoms with Gasteiger partial charge in [0.25, 0.3) is 0 Å². The van der Waals surface area contributed by atoms with Crippen molar-refractivity contribution in [1.29, 1.82) is 0 Å². The molecule has 20 heavy (non-hydrogen) atoms. The molecule has 0 aliphatic heterocycles. The second-order valence-electron chi connectivity index (χ2n) is 3.93. The standard InChI is InChI=1S/C10H9ClF3N5S/c1-5(8-16-17-18-19(8)2)20-9-7(11)3-6(4-15-9)10(12,13)14/h3-5H,1-2H3/t5-/m1/s1. The largest absolute Gasteiger partial charge is 0.417 e. The van der Waals surface area contributed by atoms with E-state index in [9.17, 15) is 13.2 Å². The fraction of sp³-hybridized carbons (Fsp3) is 0.400. The zero-order valence-corrected chi connectivity index (χ0v) is 12.0. The Labute approximate surface area is 121 Å². The Balaban J connectivity index is 2.21. The van der Waals surface area contributed by atoms with Crippen molar-refractivity contribution in [3.63, 3.8) is 0 Å². The number of aryl methyl sites for hydroxylation is 1. The molecular formula is C10H9ClF3N5S. The zero-order chi connectivity index (χ0) is 14.9. The molecule has 2 aromatic rings. The third-order valence-corrected chi connectivity index (χ3v) is 3.95. The SMILES string of the molecule is C[C@@H](Sc1ncc(C(F)(F)F)cc1Cl)c1nnnn1C. The summed E-state index contributed by atoms with van der Waals surface area (Å²) in [4.78, 5) is 3.76. The van der Waals surface area contributed by atoms with E-state index in [4.69, 9.17) is 11.6 Å². The lowest BCUT2D eigenvalue weighted by molar-refractivity contribution is -0.137. The van der Waals surface area contributed by atoms with Crippen LogP contribution in [0.3, 0.4) is 0 Å². The highest BCUT2D eigenvalue weighted by molar-refractivity contribution is 7.99. The average molecular weight is 324 g/mol. The molecule has 2 heterocycles. The van der Waals surface area contributed by atoms with Crippen molar-refractivity contribution in [2.45, 2.75) is 23.4 Å². The quantitative estimate of drug-likeness (QED) is 0.812. The minimum atomic E-state index is -4.46. The van der Waals surface area contributed by atoms with Crippen LogP contribution in [0.5, 0.6) is 0 Å². The van der Waals surface area contributed by atoms with E-state index in [1.54, 1.807) is 7.05 Å². The molecule has 5 nitrogen and oxygen atoms in total. The second kappa shape index (κ2) is 5.57. The van der Waals surface area contributed by atoms with Crippen LogP contribution >= 0.6 is 23.4 Å². The fourth-order valence-electron chi connectivity index (χ4n) is 1.47. The highest BCUT2D eigenvalue weighted by Crippen LogP contribution is 2.38. The van der Waals surface area contributed by atoms with E-state index in [0.29, 0.717) is 10.9 Å². The smallest absolute Gasteiger partial charge is 0.248 e. The highest BCUT2D eigenvalue weighted by atomic mass is 35.5. The van der Waals surface area contributed by atoms with Crippen molar-refractivity contribution in [3.8, 4) is 0 Å². The summed E-state index contributed by atoms with van der Waals surface area (Å²) in [6, 6.07) is 0.860. The molecular weight excluding hydrogens is 315 g/mol. The van der Waals surface area contributed by atoms with Gasteiger partial charge in [-0.1, -0.05) is 23.4 Å². The number of hydrogen-bond acceptors (Lipinski definition) is 5. The van der Waals surface area contributed by atoms with Gasteiger partial charge >= 0.3 is 6.18 Å². The van der Waals surface area contributed by atoms with Gasteiger partial charge in [0.1, 0.15) is 5.03 Å². The Hall–Kier alpha value is -1.35. The van der Waals surface area contributed by atoms with Gasteiger partial charge in [-0.15, -0.1) is 5.10 Å². The van der Waals surface area contributed by atoms with Gasteiger partial charge in [0.2, 0.25) is 0 Å². The van der Waals surface area contributed by atoms with E-state index in [1.165, 1.54) is 16.4 Å². The Morgan fingerprint density at radius 3 is 2.60 bits per heavy atom. The van der Waals surface area contributed by atoms with Crippen LogP contribution in [-0.2, 0) is 13.2 Å². The number of pyridine rings is 1. The molecule has 2 aromatic heterocycles. The highest BCUT2D eigenvalue weighted by Gasteiger charge is 2.31. The van der Waals surface area contributed by atoms with E-state index >= 15 is 0 Å². The van der Waals surface area contributed by atoms with Gasteiger partial charge in [-0.3, -0.25) is 0 Å². The lowest BCUT2D eigenvalue weighted by atomic mass is 10.3. The maximum atomic E-state index is 12.5. The third-order valence-electron chi connectivity index (χ3n) is 2.44. The molecule has 10 heteroatoms. The fourth-order valence-corrected chi connectivity index (χ4v) is 2.69. The van der Waals surface area contributed by atoms with Crippen LogP contribution in [-0.4, -0.2) is 25.2 Å². The molecule has 0 saturated carbocycles. The van der Waals surface area contributed by atoms with Gasteiger partial charge in [-0.2, -0.15) is 13.2 Å². The molecule has 0 bridgehead atoms. The summed E-state index contributed by atoms with van der Waals surface area (Å²) in [5, 5.41) is 11.1. The molecule has 0 radical (unpaired) electrons. The van der Waals surface area contributed by atoms with Crippen molar-refractivity contribution in [3.05, 3.63) is 28.7 Å². The van der Waals surface area contributed by atoms with Crippen LogP contribution in [0.2, 0.25) is 5.02 Å². The minimum Gasteiger partial charge on any atom is -0.248 e. The first-order chi connectivity index (χ1) is 9.29. The van der Waals surface area contributed by atoms with E-state index in [2.05, 4.69) is 20.5 Å². The Morgan fingerprint density at radius 2 is 2.10 bits per heavy atom. The van der Waals surface area contributed by atoms with Gasteiger partial charge in [0, 0.05) is 13.2 Å². The maximum Gasteiger partial charge on any atom is 0.417 e. The molecule has 0 aromatic carbocycles. The maximum absolute atomic E-state index is 12.5. The normalized spacial score (nSPS) is 13.5. The molecule has 0 fully saturated rings. The van der Waals surface area contributed by atoms with Crippen LogP contribution in [0.4, 0.5) is 13.2 Å². The second-order valence-corrected chi connectivity index (χ2v) is 5.67. The predicted octanol–water partition coefficient (Wildman–Crippen LogP) is 3.13. The van der Waals surface area contributed by atoms with Crippen molar-refractivity contribution in [2.24, 2.45) is 7.05 Å². The Kier molecular flexibility index (Phi) is 4.19. The summed E-state index contributed by atoms with van der Waals surface area (Å²) < 4.78 is 39.0. The van der Waals surface area contributed by atoms with Crippen LogP contribution in [0, 0.1) is 0 Å². The van der Waals surface area contributed by atoms with Crippen LogP contribution in [0.25, 0.3) is 0 Å². The monoisotopic (exact) mass is 323 g/mol. The lowest BCUT2D eigenvalue weighted by Crippen LogP contribution is -2.06. The molecule has 0 saturated heterocycles. The van der Waals surface area contributed by atoms with E-state index in [0.717, 1.165) is 12.3 Å². The number of thioether (sulfide) groups is 1. The summed E-state index contributed by atoms with van der Waals surface area (Å²) in [5.41, 5.74) is -0.875. The van der Waals surface area contributed by atoms with E-state index in [-0.39, 0.29) is 10.3 Å². The molecule has 0 spiro atoms. The molecule has 2 rings (SSSR count). The van der Waals surface area contributed by atoms with Gasteiger partial charge < -0.3 is 0 Å². The third kappa shape index (κ3) is 3.21. The summed E-state index contributed by atoms with van der Waals surface area (Å²) in [6.45, 7) is 1.81. The molecule has 1 atom stereocenters. The van der Waals surface area contributed by atoms with Gasteiger partial charge in [0.15, 0.2) is 5.82 Å². The van der Waals surface area contributed by atoms with Crippen molar-refractivity contribution >= 4 is 23.4 Å². The number of nitrogens with zero attached hydrogens (tertiary/aromatic N) is 5. The first kappa shape index (κ1) is 15.0. The summed E-state index contributed by atoms with van der Waals surface area (Å²) in [6.07, 6.45) is -3.70. The topological polar surface area (TPSA) is 56.5 Å². The van der Waals surface area contributed by atoms with Crippen molar-refractivity contribution in [2.75, 3.05) is 0 Å². The molecule has 0 unspecified atom stereocenters. The summed E-state index contributed by atoms with van der Waals surface area (Å²) in [5.74, 6) is 0.577. The predicted molar refractivity (Wildman–Crippen MR) is 67.3 cm³/mol. The first-order valence-electron chi connectivity index (χ1n) is 5.40. The zero-order valence-electron chi connectivity index (χ0n) is 10.4. The van der Waals surface area contributed by atoms with E-state index in [1.807, 2.05) is 6.92 Å².